The molecular formula is C19H15NO4. The number of carbonyl (C=O) groups excluding carboxylic acids is 2. The number of hydrogen-bond acceptors (Lipinski definition) is 5. The van der Waals surface area contributed by atoms with Crippen molar-refractivity contribution in [3.63, 3.8) is 0 Å². The third-order valence-electron chi connectivity index (χ3n) is 4.70. The van der Waals surface area contributed by atoms with Crippen LogP contribution in [0.1, 0.15) is 17.0 Å². The molecule has 0 amide bonds. The Balaban J connectivity index is 1.95. The number of para-hydroxylation sites is 1. The van der Waals surface area contributed by atoms with E-state index < -0.39 is 23.3 Å². The first-order chi connectivity index (χ1) is 11.7. The zero-order valence-electron chi connectivity index (χ0n) is 13.1. The normalized spacial score (nSPS) is 24.5. The zero-order chi connectivity index (χ0) is 16.7. The number of hydrogen-bond donors (Lipinski definition) is 0. The number of rotatable bonds is 2. The maximum absolute atomic E-state index is 12.9. The van der Waals surface area contributed by atoms with Crippen LogP contribution in [-0.2, 0) is 14.3 Å². The van der Waals surface area contributed by atoms with E-state index in [-0.39, 0.29) is 0 Å². The second-order valence-electron chi connectivity index (χ2n) is 5.83. The Kier molecular flexibility index (Phi) is 3.23. The highest BCUT2D eigenvalue weighted by molar-refractivity contribution is 6.30. The van der Waals surface area contributed by atoms with Crippen LogP contribution in [0, 0.1) is 5.41 Å². The van der Waals surface area contributed by atoms with Gasteiger partial charge in [-0.15, -0.1) is 0 Å². The standard InChI is InChI=1S/C19H15NO4/c1-23-17(21)19-14(11-20-16(19)12-7-3-2-4-8-12)13-9-5-6-10-15(13)24-18(19)22/h2-10,14H,11H2,1H3/t14-,19+/m1/s1. The van der Waals surface area contributed by atoms with Crippen molar-refractivity contribution in [3.05, 3.63) is 65.7 Å². The molecule has 0 bridgehead atoms. The Morgan fingerprint density at radius 3 is 2.62 bits per heavy atom. The van der Waals surface area contributed by atoms with Crippen molar-refractivity contribution >= 4 is 17.7 Å². The predicted octanol–water partition coefficient (Wildman–Crippen LogP) is 2.35. The Morgan fingerprint density at radius 1 is 1.17 bits per heavy atom. The minimum absolute atomic E-state index is 0.339. The van der Waals surface area contributed by atoms with E-state index in [4.69, 9.17) is 9.47 Å². The fourth-order valence-electron chi connectivity index (χ4n) is 3.62. The zero-order valence-corrected chi connectivity index (χ0v) is 13.1. The quantitative estimate of drug-likeness (QED) is 0.484. The van der Waals surface area contributed by atoms with Gasteiger partial charge in [-0.1, -0.05) is 48.5 Å². The molecule has 2 aliphatic heterocycles. The van der Waals surface area contributed by atoms with Gasteiger partial charge in [-0.25, -0.2) is 4.79 Å². The summed E-state index contributed by atoms with van der Waals surface area (Å²) >= 11 is 0. The molecule has 2 aromatic carbocycles. The smallest absolute Gasteiger partial charge is 0.335 e. The van der Waals surface area contributed by atoms with Crippen molar-refractivity contribution in [3.8, 4) is 5.75 Å². The van der Waals surface area contributed by atoms with Crippen molar-refractivity contribution in [2.24, 2.45) is 10.4 Å². The molecule has 0 saturated heterocycles. The van der Waals surface area contributed by atoms with Gasteiger partial charge < -0.3 is 9.47 Å². The summed E-state index contributed by atoms with van der Waals surface area (Å²) in [5, 5.41) is 0. The Bertz CT molecular complexity index is 859. The van der Waals surface area contributed by atoms with E-state index in [1.807, 2.05) is 42.5 Å². The van der Waals surface area contributed by atoms with E-state index in [0.29, 0.717) is 18.0 Å². The lowest BCUT2D eigenvalue weighted by molar-refractivity contribution is -0.162. The number of aliphatic imine (C=N–C) groups is 1. The fraction of sp³-hybridized carbons (Fsp3) is 0.211. The Morgan fingerprint density at radius 2 is 1.88 bits per heavy atom. The van der Waals surface area contributed by atoms with Crippen LogP contribution in [0.5, 0.6) is 5.75 Å². The SMILES string of the molecule is COC(=O)[C@]12C(=O)Oc3ccccc3[C@H]1CN=C2c1ccccc1. The number of ether oxygens (including phenoxy) is 2. The summed E-state index contributed by atoms with van der Waals surface area (Å²) in [5.41, 5.74) is 0.392. The number of nitrogens with zero attached hydrogens (tertiary/aromatic N) is 1. The van der Waals surface area contributed by atoms with Gasteiger partial charge >= 0.3 is 11.9 Å². The van der Waals surface area contributed by atoms with E-state index in [2.05, 4.69) is 4.99 Å². The third-order valence-corrected chi connectivity index (χ3v) is 4.70. The number of carbonyl (C=O) groups is 2. The predicted molar refractivity (Wildman–Crippen MR) is 87.1 cm³/mol. The van der Waals surface area contributed by atoms with Crippen LogP contribution in [0.2, 0.25) is 0 Å². The first kappa shape index (κ1) is 14.6. The first-order valence-corrected chi connectivity index (χ1v) is 7.69. The summed E-state index contributed by atoms with van der Waals surface area (Å²) in [6, 6.07) is 16.5. The molecule has 0 fully saturated rings. The molecule has 4 rings (SSSR count). The van der Waals surface area contributed by atoms with Crippen LogP contribution in [0.4, 0.5) is 0 Å². The first-order valence-electron chi connectivity index (χ1n) is 7.69. The average Bonchev–Trinajstić information content (AvgIpc) is 3.04. The summed E-state index contributed by atoms with van der Waals surface area (Å²) in [6.07, 6.45) is 0. The summed E-state index contributed by atoms with van der Waals surface area (Å²) in [7, 11) is 1.28. The molecule has 0 saturated carbocycles. The van der Waals surface area contributed by atoms with E-state index in [1.54, 1.807) is 12.1 Å². The van der Waals surface area contributed by atoms with Crippen LogP contribution in [0.3, 0.4) is 0 Å². The second kappa shape index (κ2) is 5.30. The molecule has 0 radical (unpaired) electrons. The molecule has 120 valence electrons. The summed E-state index contributed by atoms with van der Waals surface area (Å²) < 4.78 is 10.5. The second-order valence-corrected chi connectivity index (χ2v) is 5.83. The van der Waals surface area contributed by atoms with Gasteiger partial charge in [-0.2, -0.15) is 0 Å². The van der Waals surface area contributed by atoms with Crippen molar-refractivity contribution in [1.29, 1.82) is 0 Å². The Labute approximate surface area is 138 Å². The summed E-state index contributed by atoms with van der Waals surface area (Å²) in [6.45, 7) is 0.339. The average molecular weight is 321 g/mol. The highest BCUT2D eigenvalue weighted by Crippen LogP contribution is 2.51. The van der Waals surface area contributed by atoms with Crippen molar-refractivity contribution < 1.29 is 19.1 Å². The summed E-state index contributed by atoms with van der Waals surface area (Å²) in [5.74, 6) is -1.19. The largest absolute Gasteiger partial charge is 0.468 e. The molecule has 5 heteroatoms. The lowest BCUT2D eigenvalue weighted by Crippen LogP contribution is -2.53. The third kappa shape index (κ3) is 1.78. The van der Waals surface area contributed by atoms with Crippen molar-refractivity contribution in [2.75, 3.05) is 13.7 Å². The minimum atomic E-state index is -1.55. The lowest BCUT2D eigenvalue weighted by Gasteiger charge is -2.36. The van der Waals surface area contributed by atoms with Crippen LogP contribution in [0.25, 0.3) is 0 Å². The van der Waals surface area contributed by atoms with Gasteiger partial charge in [0.15, 0.2) is 0 Å². The van der Waals surface area contributed by atoms with Crippen LogP contribution < -0.4 is 4.74 Å². The topological polar surface area (TPSA) is 65.0 Å². The molecule has 2 atom stereocenters. The van der Waals surface area contributed by atoms with Crippen molar-refractivity contribution in [1.82, 2.24) is 0 Å². The van der Waals surface area contributed by atoms with Gasteiger partial charge in [-0.05, 0) is 11.6 Å². The van der Waals surface area contributed by atoms with Gasteiger partial charge in [0.2, 0.25) is 5.41 Å². The van der Waals surface area contributed by atoms with Crippen LogP contribution in [-0.4, -0.2) is 31.3 Å². The van der Waals surface area contributed by atoms with Gasteiger partial charge in [0.25, 0.3) is 0 Å². The maximum Gasteiger partial charge on any atom is 0.335 e. The molecule has 0 aromatic heterocycles. The Hall–Kier alpha value is -2.95. The molecule has 0 aliphatic carbocycles. The van der Waals surface area contributed by atoms with Gasteiger partial charge in [0.1, 0.15) is 5.75 Å². The van der Waals surface area contributed by atoms with E-state index >= 15 is 0 Å². The summed E-state index contributed by atoms with van der Waals surface area (Å²) in [4.78, 5) is 30.3. The molecule has 0 N–H and O–H groups in total. The van der Waals surface area contributed by atoms with E-state index in [0.717, 1.165) is 11.1 Å². The van der Waals surface area contributed by atoms with Crippen LogP contribution >= 0.6 is 0 Å². The van der Waals surface area contributed by atoms with E-state index in [1.165, 1.54) is 7.11 Å². The monoisotopic (exact) mass is 321 g/mol. The molecule has 0 spiro atoms. The molecule has 2 aromatic rings. The van der Waals surface area contributed by atoms with E-state index in [9.17, 15) is 9.59 Å². The molecule has 24 heavy (non-hydrogen) atoms. The molecule has 0 unspecified atom stereocenters. The van der Waals surface area contributed by atoms with Gasteiger partial charge in [-0.3, -0.25) is 9.79 Å². The highest BCUT2D eigenvalue weighted by atomic mass is 16.6. The van der Waals surface area contributed by atoms with Gasteiger partial charge in [0, 0.05) is 18.0 Å². The van der Waals surface area contributed by atoms with Gasteiger partial charge in [0.05, 0.1) is 12.8 Å². The molecule has 2 heterocycles. The minimum Gasteiger partial charge on any atom is -0.468 e. The fourth-order valence-corrected chi connectivity index (χ4v) is 3.62. The number of esters is 2. The lowest BCUT2D eigenvalue weighted by atomic mass is 9.67. The van der Waals surface area contributed by atoms with Crippen LogP contribution in [0.15, 0.2) is 59.6 Å². The number of methoxy groups -OCH3 is 1. The molecular weight excluding hydrogens is 306 g/mol. The molecule has 2 aliphatic rings. The van der Waals surface area contributed by atoms with Crippen molar-refractivity contribution in [2.45, 2.75) is 5.92 Å². The number of fused-ring (bicyclic) bond motifs is 3. The number of benzene rings is 2. The molecule has 5 nitrogen and oxygen atoms in total. The highest BCUT2D eigenvalue weighted by Gasteiger charge is 2.64. The maximum atomic E-state index is 12.9.